The fraction of sp³-hybridized carbons (Fsp3) is 0.353. The van der Waals surface area contributed by atoms with E-state index in [1.165, 1.54) is 19.4 Å². The van der Waals surface area contributed by atoms with Crippen LogP contribution in [0.3, 0.4) is 0 Å². The molecule has 0 bridgehead atoms. The molecular weight excluding hydrogens is 274 g/mol. The standard InChI is InChI=1S/C17H19N5/c1-21-9-3-5-15(11-21)17-19-16-7-6-14(12-22(16)20-17)13-4-2-8-18-10-13/h2,4,6-8,10,12,15H,3,5,9,11H2,1H3/t15-/m1/s1. The van der Waals surface area contributed by atoms with Gasteiger partial charge in [-0.3, -0.25) is 4.98 Å². The van der Waals surface area contributed by atoms with Crippen molar-refractivity contribution in [3.63, 3.8) is 0 Å². The molecule has 4 rings (SSSR count). The van der Waals surface area contributed by atoms with Crippen LogP contribution in [-0.2, 0) is 0 Å². The zero-order chi connectivity index (χ0) is 14.9. The average Bonchev–Trinajstić information content (AvgIpc) is 2.99. The number of hydrogen-bond acceptors (Lipinski definition) is 4. The molecule has 5 nitrogen and oxygen atoms in total. The maximum Gasteiger partial charge on any atom is 0.156 e. The molecule has 1 aliphatic rings. The Labute approximate surface area is 129 Å². The summed E-state index contributed by atoms with van der Waals surface area (Å²) in [6.07, 6.45) is 8.09. The first kappa shape index (κ1) is 13.4. The lowest BCUT2D eigenvalue weighted by Gasteiger charge is -2.27. The lowest BCUT2D eigenvalue weighted by Crippen LogP contribution is -2.31. The van der Waals surface area contributed by atoms with Crippen LogP contribution in [0.25, 0.3) is 16.8 Å². The van der Waals surface area contributed by atoms with Gasteiger partial charge in [-0.05, 0) is 44.6 Å². The number of pyridine rings is 2. The molecule has 0 spiro atoms. The van der Waals surface area contributed by atoms with E-state index >= 15 is 0 Å². The van der Waals surface area contributed by atoms with Gasteiger partial charge in [0.05, 0.1) is 0 Å². The summed E-state index contributed by atoms with van der Waals surface area (Å²) < 4.78 is 1.90. The summed E-state index contributed by atoms with van der Waals surface area (Å²) in [5.41, 5.74) is 3.12. The number of fused-ring (bicyclic) bond motifs is 1. The molecule has 0 N–H and O–H groups in total. The third-order valence-corrected chi connectivity index (χ3v) is 4.33. The Morgan fingerprint density at radius 3 is 2.95 bits per heavy atom. The van der Waals surface area contributed by atoms with Crippen LogP contribution in [0.15, 0.2) is 42.9 Å². The predicted octanol–water partition coefficient (Wildman–Crippen LogP) is 2.60. The number of rotatable bonds is 2. The highest BCUT2D eigenvalue weighted by Crippen LogP contribution is 2.25. The Balaban J connectivity index is 1.69. The van der Waals surface area contributed by atoms with Crippen LogP contribution in [0.2, 0.25) is 0 Å². The smallest absolute Gasteiger partial charge is 0.156 e. The van der Waals surface area contributed by atoms with Crippen molar-refractivity contribution in [1.82, 2.24) is 24.5 Å². The van der Waals surface area contributed by atoms with Crippen LogP contribution in [0.5, 0.6) is 0 Å². The normalized spacial score (nSPS) is 19.6. The summed E-state index contributed by atoms with van der Waals surface area (Å²) in [6.45, 7) is 2.22. The van der Waals surface area contributed by atoms with E-state index in [0.29, 0.717) is 5.92 Å². The van der Waals surface area contributed by atoms with Crippen LogP contribution >= 0.6 is 0 Å². The summed E-state index contributed by atoms with van der Waals surface area (Å²) in [5.74, 6) is 1.41. The Bertz CT molecular complexity index is 780. The highest BCUT2D eigenvalue weighted by molar-refractivity contribution is 5.63. The van der Waals surface area contributed by atoms with Gasteiger partial charge in [-0.25, -0.2) is 9.50 Å². The molecule has 0 saturated carbocycles. The minimum atomic E-state index is 0.445. The first-order valence-corrected chi connectivity index (χ1v) is 7.75. The van der Waals surface area contributed by atoms with E-state index in [1.807, 2.05) is 29.0 Å². The Kier molecular flexibility index (Phi) is 3.35. The lowest BCUT2D eigenvalue weighted by molar-refractivity contribution is 0.246. The molecule has 5 heteroatoms. The molecule has 0 aliphatic carbocycles. The zero-order valence-electron chi connectivity index (χ0n) is 12.7. The molecule has 1 fully saturated rings. The zero-order valence-corrected chi connectivity index (χ0v) is 12.7. The molecule has 3 aromatic heterocycles. The van der Waals surface area contributed by atoms with Gasteiger partial charge in [-0.2, -0.15) is 5.10 Å². The van der Waals surface area contributed by atoms with Gasteiger partial charge < -0.3 is 4.90 Å². The van der Waals surface area contributed by atoms with E-state index in [9.17, 15) is 0 Å². The summed E-state index contributed by atoms with van der Waals surface area (Å²) >= 11 is 0. The summed E-state index contributed by atoms with van der Waals surface area (Å²) in [4.78, 5) is 11.3. The van der Waals surface area contributed by atoms with Gasteiger partial charge >= 0.3 is 0 Å². The van der Waals surface area contributed by atoms with Crippen molar-refractivity contribution in [2.45, 2.75) is 18.8 Å². The fourth-order valence-electron chi connectivity index (χ4n) is 3.15. The number of nitrogens with zero attached hydrogens (tertiary/aromatic N) is 5. The fourth-order valence-corrected chi connectivity index (χ4v) is 3.15. The van der Waals surface area contributed by atoms with Gasteiger partial charge in [0.2, 0.25) is 0 Å². The number of hydrogen-bond donors (Lipinski definition) is 0. The van der Waals surface area contributed by atoms with Crippen molar-refractivity contribution in [2.24, 2.45) is 0 Å². The first-order chi connectivity index (χ1) is 10.8. The van der Waals surface area contributed by atoms with Crippen molar-refractivity contribution in [1.29, 1.82) is 0 Å². The molecule has 1 aliphatic heterocycles. The highest BCUT2D eigenvalue weighted by atomic mass is 15.3. The molecular formula is C17H19N5. The number of piperidine rings is 1. The van der Waals surface area contributed by atoms with Crippen molar-refractivity contribution < 1.29 is 0 Å². The largest absolute Gasteiger partial charge is 0.306 e. The molecule has 0 amide bonds. The monoisotopic (exact) mass is 293 g/mol. The Hall–Kier alpha value is -2.27. The van der Waals surface area contributed by atoms with Gasteiger partial charge in [-0.15, -0.1) is 0 Å². The number of likely N-dealkylation sites (tertiary alicyclic amines) is 1. The molecule has 0 unspecified atom stereocenters. The van der Waals surface area contributed by atoms with Crippen LogP contribution in [0.1, 0.15) is 24.6 Å². The second-order valence-electron chi connectivity index (χ2n) is 6.03. The van der Waals surface area contributed by atoms with Crippen LogP contribution in [0.4, 0.5) is 0 Å². The topological polar surface area (TPSA) is 46.3 Å². The van der Waals surface area contributed by atoms with Crippen molar-refractivity contribution in [3.8, 4) is 11.1 Å². The van der Waals surface area contributed by atoms with Gasteiger partial charge in [0.1, 0.15) is 0 Å². The molecule has 1 saturated heterocycles. The lowest BCUT2D eigenvalue weighted by atomic mass is 9.98. The second kappa shape index (κ2) is 5.50. The summed E-state index contributed by atoms with van der Waals surface area (Å²) in [7, 11) is 2.17. The number of aromatic nitrogens is 4. The van der Waals surface area contributed by atoms with Crippen molar-refractivity contribution in [2.75, 3.05) is 20.1 Å². The van der Waals surface area contributed by atoms with E-state index in [1.54, 1.807) is 6.20 Å². The van der Waals surface area contributed by atoms with Crippen LogP contribution in [0, 0.1) is 0 Å². The summed E-state index contributed by atoms with van der Waals surface area (Å²) in [6, 6.07) is 8.12. The van der Waals surface area contributed by atoms with Gasteiger partial charge in [0.25, 0.3) is 0 Å². The van der Waals surface area contributed by atoms with E-state index in [4.69, 9.17) is 10.1 Å². The maximum absolute atomic E-state index is 4.72. The van der Waals surface area contributed by atoms with E-state index in [0.717, 1.165) is 29.1 Å². The molecule has 4 heterocycles. The average molecular weight is 293 g/mol. The number of likely N-dealkylation sites (N-methyl/N-ethyl adjacent to an activating group) is 1. The molecule has 22 heavy (non-hydrogen) atoms. The predicted molar refractivity (Wildman–Crippen MR) is 85.7 cm³/mol. The van der Waals surface area contributed by atoms with Gasteiger partial charge in [-0.1, -0.05) is 6.07 Å². The Morgan fingerprint density at radius 1 is 1.18 bits per heavy atom. The molecule has 112 valence electrons. The Morgan fingerprint density at radius 2 is 2.14 bits per heavy atom. The molecule has 1 atom stereocenters. The third kappa shape index (κ3) is 2.48. The SMILES string of the molecule is CN1CCC[C@@H](c2nc3ccc(-c4cccnc4)cn3n2)C1. The first-order valence-electron chi connectivity index (χ1n) is 7.75. The minimum Gasteiger partial charge on any atom is -0.306 e. The maximum atomic E-state index is 4.72. The minimum absolute atomic E-state index is 0.445. The van der Waals surface area contributed by atoms with Crippen molar-refractivity contribution >= 4 is 5.65 Å². The second-order valence-corrected chi connectivity index (χ2v) is 6.03. The van der Waals surface area contributed by atoms with E-state index in [2.05, 4.69) is 29.1 Å². The van der Waals surface area contributed by atoms with Crippen LogP contribution < -0.4 is 0 Å². The molecule has 3 aromatic rings. The van der Waals surface area contributed by atoms with E-state index < -0.39 is 0 Å². The summed E-state index contributed by atoms with van der Waals surface area (Å²) in [5, 5.41) is 4.72. The quantitative estimate of drug-likeness (QED) is 0.728. The molecule has 0 radical (unpaired) electrons. The third-order valence-electron chi connectivity index (χ3n) is 4.33. The molecule has 0 aromatic carbocycles. The highest BCUT2D eigenvalue weighted by Gasteiger charge is 2.22. The van der Waals surface area contributed by atoms with Gasteiger partial charge in [0, 0.05) is 42.2 Å². The van der Waals surface area contributed by atoms with Crippen LogP contribution in [-0.4, -0.2) is 44.6 Å². The van der Waals surface area contributed by atoms with Gasteiger partial charge in [0.15, 0.2) is 11.5 Å². The van der Waals surface area contributed by atoms with Crippen molar-refractivity contribution in [3.05, 3.63) is 48.7 Å². The van der Waals surface area contributed by atoms with E-state index in [-0.39, 0.29) is 0 Å².